The molecule has 1 aliphatic rings. The quantitative estimate of drug-likeness (QED) is 0.560. The molecule has 0 saturated carbocycles. The molecule has 0 radical (unpaired) electrons. The molecule has 0 unspecified atom stereocenters. The van der Waals surface area contributed by atoms with E-state index in [2.05, 4.69) is 56.1 Å². The maximum atomic E-state index is 12.7. The maximum Gasteiger partial charge on any atom is 0.230 e. The molecule has 4 nitrogen and oxygen atoms in total. The van der Waals surface area contributed by atoms with Gasteiger partial charge in [-0.25, -0.2) is 0 Å². The van der Waals surface area contributed by atoms with E-state index in [0.29, 0.717) is 6.42 Å². The third-order valence-electron chi connectivity index (χ3n) is 6.01. The van der Waals surface area contributed by atoms with E-state index in [4.69, 9.17) is 4.42 Å². The Bertz CT molecular complexity index is 1050. The van der Waals surface area contributed by atoms with Crippen molar-refractivity contribution in [3.8, 4) is 0 Å². The highest BCUT2D eigenvalue weighted by molar-refractivity contribution is 5.83. The number of rotatable bonds is 7. The lowest BCUT2D eigenvalue weighted by molar-refractivity contribution is -0.127. The normalized spacial score (nSPS) is 13.9. The smallest absolute Gasteiger partial charge is 0.230 e. The van der Waals surface area contributed by atoms with Crippen molar-refractivity contribution in [2.45, 2.75) is 33.1 Å². The molecule has 1 aromatic heterocycles. The summed E-state index contributed by atoms with van der Waals surface area (Å²) in [5.74, 6) is 1.20. The molecule has 0 aliphatic carbocycles. The van der Waals surface area contributed by atoms with Crippen LogP contribution in [0.4, 0.5) is 0 Å². The number of hydrogen-bond acceptors (Lipinski definition) is 3. The van der Waals surface area contributed by atoms with Gasteiger partial charge in [0.05, 0.1) is 6.42 Å². The number of fused-ring (bicyclic) bond motifs is 2. The Hall–Kier alpha value is -2.85. The van der Waals surface area contributed by atoms with E-state index in [1.807, 2.05) is 29.3 Å². The predicted octanol–water partition coefficient (Wildman–Crippen LogP) is 4.97. The zero-order valence-corrected chi connectivity index (χ0v) is 18.1. The molecule has 1 aliphatic heterocycles. The summed E-state index contributed by atoms with van der Waals surface area (Å²) in [7, 11) is 2.13. The first-order valence-corrected chi connectivity index (χ1v) is 10.7. The van der Waals surface area contributed by atoms with E-state index in [-0.39, 0.29) is 5.91 Å². The minimum absolute atomic E-state index is 0.179. The monoisotopic (exact) mass is 402 g/mol. The average Bonchev–Trinajstić information content (AvgIpc) is 3.08. The molecule has 0 atom stereocenters. The van der Waals surface area contributed by atoms with Gasteiger partial charge in [0.25, 0.3) is 0 Å². The van der Waals surface area contributed by atoms with Gasteiger partial charge in [-0.2, -0.15) is 0 Å². The highest BCUT2D eigenvalue weighted by atomic mass is 16.3. The second-order valence-electron chi connectivity index (χ2n) is 8.37. The summed E-state index contributed by atoms with van der Waals surface area (Å²) in [5.41, 5.74) is 5.76. The van der Waals surface area contributed by atoms with Crippen molar-refractivity contribution < 1.29 is 9.21 Å². The van der Waals surface area contributed by atoms with Crippen molar-refractivity contribution in [2.75, 3.05) is 26.7 Å². The van der Waals surface area contributed by atoms with E-state index in [0.717, 1.165) is 60.3 Å². The summed E-state index contributed by atoms with van der Waals surface area (Å²) in [6.07, 6.45) is 6.35. The topological polar surface area (TPSA) is 36.7 Å². The Morgan fingerprint density at radius 3 is 2.70 bits per heavy atom. The highest BCUT2D eigenvalue weighted by Crippen LogP contribution is 2.22. The van der Waals surface area contributed by atoms with E-state index < -0.39 is 0 Å². The zero-order valence-electron chi connectivity index (χ0n) is 18.1. The Morgan fingerprint density at radius 1 is 1.07 bits per heavy atom. The number of nitrogens with zero attached hydrogens (tertiary/aromatic N) is 2. The number of hydrogen-bond donors (Lipinski definition) is 0. The number of para-hydroxylation sites is 1. The second kappa shape index (κ2) is 8.88. The van der Waals surface area contributed by atoms with Crippen LogP contribution in [0.25, 0.3) is 17.0 Å². The van der Waals surface area contributed by atoms with Gasteiger partial charge < -0.3 is 14.2 Å². The van der Waals surface area contributed by atoms with Crippen LogP contribution in [0.1, 0.15) is 34.4 Å². The molecule has 2 heterocycles. The van der Waals surface area contributed by atoms with Crippen LogP contribution >= 0.6 is 0 Å². The first kappa shape index (κ1) is 20.4. The van der Waals surface area contributed by atoms with Crippen molar-refractivity contribution >= 4 is 23.0 Å². The van der Waals surface area contributed by atoms with Gasteiger partial charge in [0.2, 0.25) is 5.91 Å². The molecule has 0 saturated heterocycles. The summed E-state index contributed by atoms with van der Waals surface area (Å²) >= 11 is 0. The van der Waals surface area contributed by atoms with Gasteiger partial charge in [0.15, 0.2) is 0 Å². The SMILES string of the molecule is Cc1cc2c(cc1C)CC(=O)N(CCCN(C)CCc1cc3ccccc3o1)C=C2. The predicted molar refractivity (Wildman–Crippen MR) is 122 cm³/mol. The number of carbonyl (C=O) groups is 1. The molecule has 0 fully saturated rings. The lowest BCUT2D eigenvalue weighted by Crippen LogP contribution is -2.30. The van der Waals surface area contributed by atoms with Crippen molar-refractivity contribution in [1.29, 1.82) is 0 Å². The Kier molecular flexibility index (Phi) is 6.05. The Balaban J connectivity index is 1.26. The third-order valence-corrected chi connectivity index (χ3v) is 6.01. The average molecular weight is 403 g/mol. The van der Waals surface area contributed by atoms with Crippen LogP contribution in [-0.4, -0.2) is 42.4 Å². The first-order chi connectivity index (χ1) is 14.5. The van der Waals surface area contributed by atoms with Crippen molar-refractivity contribution in [3.05, 3.63) is 76.7 Å². The van der Waals surface area contributed by atoms with Gasteiger partial charge in [-0.15, -0.1) is 0 Å². The van der Waals surface area contributed by atoms with Gasteiger partial charge in [0, 0.05) is 31.1 Å². The Labute approximate surface area is 178 Å². The van der Waals surface area contributed by atoms with Crippen LogP contribution in [-0.2, 0) is 17.6 Å². The largest absolute Gasteiger partial charge is 0.461 e. The molecule has 0 bridgehead atoms. The maximum absolute atomic E-state index is 12.7. The number of amides is 1. The van der Waals surface area contributed by atoms with Crippen LogP contribution in [0.15, 0.2) is 53.1 Å². The van der Waals surface area contributed by atoms with Crippen LogP contribution in [0, 0.1) is 13.8 Å². The minimum Gasteiger partial charge on any atom is -0.461 e. The van der Waals surface area contributed by atoms with Gasteiger partial charge in [0.1, 0.15) is 11.3 Å². The van der Waals surface area contributed by atoms with Gasteiger partial charge in [-0.3, -0.25) is 4.79 Å². The first-order valence-electron chi connectivity index (χ1n) is 10.7. The summed E-state index contributed by atoms with van der Waals surface area (Å²) in [6.45, 7) is 6.86. The van der Waals surface area contributed by atoms with E-state index >= 15 is 0 Å². The number of carbonyl (C=O) groups excluding carboxylic acids is 1. The lowest BCUT2D eigenvalue weighted by Gasteiger charge is -2.20. The number of aryl methyl sites for hydroxylation is 2. The molecule has 0 spiro atoms. The third kappa shape index (κ3) is 4.65. The zero-order chi connectivity index (χ0) is 21.1. The second-order valence-corrected chi connectivity index (χ2v) is 8.37. The molecule has 1 amide bonds. The number of furan rings is 1. The summed E-state index contributed by atoms with van der Waals surface area (Å²) < 4.78 is 5.90. The van der Waals surface area contributed by atoms with Crippen molar-refractivity contribution in [1.82, 2.24) is 9.80 Å². The summed E-state index contributed by atoms with van der Waals surface area (Å²) in [6, 6.07) is 14.6. The van der Waals surface area contributed by atoms with E-state index in [1.165, 1.54) is 11.1 Å². The van der Waals surface area contributed by atoms with Crippen molar-refractivity contribution in [3.63, 3.8) is 0 Å². The Morgan fingerprint density at radius 2 is 1.87 bits per heavy atom. The standard InChI is InChI=1S/C26H30N2O2/c1-19-15-21-9-14-28(26(29)18-23(21)16-20(19)2)12-6-11-27(3)13-10-24-17-22-7-4-5-8-25(22)30-24/h4-5,7-9,14-17H,6,10-13,18H2,1-3H3. The fourth-order valence-electron chi connectivity index (χ4n) is 4.01. The highest BCUT2D eigenvalue weighted by Gasteiger charge is 2.17. The molecule has 0 N–H and O–H groups in total. The molecule has 30 heavy (non-hydrogen) atoms. The van der Waals surface area contributed by atoms with E-state index in [1.54, 1.807) is 0 Å². The molecule has 4 heteroatoms. The summed E-state index contributed by atoms with van der Waals surface area (Å²) in [4.78, 5) is 16.9. The van der Waals surface area contributed by atoms with E-state index in [9.17, 15) is 4.79 Å². The minimum atomic E-state index is 0.179. The molecular formula is C26H30N2O2. The van der Waals surface area contributed by atoms with Crippen molar-refractivity contribution in [2.24, 2.45) is 0 Å². The van der Waals surface area contributed by atoms with Gasteiger partial charge in [-0.1, -0.05) is 30.3 Å². The fourth-order valence-corrected chi connectivity index (χ4v) is 4.01. The summed E-state index contributed by atoms with van der Waals surface area (Å²) in [5, 5.41) is 1.16. The molecule has 156 valence electrons. The molecule has 3 aromatic rings. The fraction of sp³-hybridized carbons (Fsp3) is 0.346. The van der Waals surface area contributed by atoms with Crippen LogP contribution in [0.5, 0.6) is 0 Å². The van der Waals surface area contributed by atoms with Crippen LogP contribution in [0.3, 0.4) is 0 Å². The number of benzene rings is 2. The van der Waals surface area contributed by atoms with Gasteiger partial charge >= 0.3 is 0 Å². The molecule has 4 rings (SSSR count). The molecular weight excluding hydrogens is 372 g/mol. The molecule has 2 aromatic carbocycles. The van der Waals surface area contributed by atoms with Gasteiger partial charge in [-0.05, 0) is 74.3 Å². The lowest BCUT2D eigenvalue weighted by atomic mass is 9.98. The number of likely N-dealkylation sites (N-methyl/N-ethyl adjacent to an activating group) is 1. The van der Waals surface area contributed by atoms with Crippen LogP contribution in [0.2, 0.25) is 0 Å². The van der Waals surface area contributed by atoms with Crippen LogP contribution < -0.4 is 0 Å².